The number of piperazine rings is 1. The normalized spacial score (nSPS) is 14.0. The van der Waals surface area contributed by atoms with E-state index in [0.717, 1.165) is 32.0 Å². The van der Waals surface area contributed by atoms with Crippen LogP contribution in [0.4, 0.5) is 21.6 Å². The fourth-order valence-electron chi connectivity index (χ4n) is 3.18. The maximum absolute atomic E-state index is 12.9. The number of amides is 1. The average molecular weight is 377 g/mol. The molecule has 0 unspecified atom stereocenters. The molecule has 2 heterocycles. The molecule has 1 aliphatic heterocycles. The van der Waals surface area contributed by atoms with Gasteiger partial charge in [0.05, 0.1) is 0 Å². The van der Waals surface area contributed by atoms with Crippen molar-refractivity contribution in [3.05, 3.63) is 78.2 Å². The highest BCUT2D eigenvalue weighted by Gasteiger charge is 2.19. The van der Waals surface area contributed by atoms with Crippen LogP contribution < -0.4 is 15.1 Å². The molecule has 0 atom stereocenters. The lowest BCUT2D eigenvalue weighted by Gasteiger charge is -2.36. The van der Waals surface area contributed by atoms with Crippen molar-refractivity contribution in [2.24, 2.45) is 0 Å². The third kappa shape index (κ3) is 4.09. The Kier molecular flexibility index (Phi) is 5.14. The lowest BCUT2D eigenvalue weighted by Crippen LogP contribution is -2.46. The van der Waals surface area contributed by atoms with Crippen LogP contribution in [0.25, 0.3) is 0 Å². The number of halogens is 1. The Morgan fingerprint density at radius 1 is 0.821 bits per heavy atom. The lowest BCUT2D eigenvalue weighted by molar-refractivity contribution is 0.102. The molecule has 1 saturated heterocycles. The molecule has 2 aromatic carbocycles. The second-order valence-electron chi connectivity index (χ2n) is 6.55. The van der Waals surface area contributed by atoms with E-state index >= 15 is 0 Å². The van der Waals surface area contributed by atoms with Crippen molar-refractivity contribution in [1.29, 1.82) is 0 Å². The highest BCUT2D eigenvalue weighted by atomic mass is 19.1. The molecule has 0 aliphatic carbocycles. The number of hydrogen-bond acceptors (Lipinski definition) is 5. The number of aromatic nitrogens is 2. The summed E-state index contributed by atoms with van der Waals surface area (Å²) in [6.45, 7) is 3.48. The van der Waals surface area contributed by atoms with Gasteiger partial charge in [-0.15, -0.1) is 10.2 Å². The SMILES string of the molecule is O=C(Nc1ccc(F)cc1)c1ccc(N2CCN(c3ccccc3)CC2)nn1. The molecular weight excluding hydrogens is 357 g/mol. The minimum atomic E-state index is -0.375. The monoisotopic (exact) mass is 377 g/mol. The van der Waals surface area contributed by atoms with Gasteiger partial charge in [-0.1, -0.05) is 18.2 Å². The summed E-state index contributed by atoms with van der Waals surface area (Å²) in [5.41, 5.74) is 1.95. The predicted molar refractivity (Wildman–Crippen MR) is 107 cm³/mol. The minimum absolute atomic E-state index is 0.219. The van der Waals surface area contributed by atoms with Crippen molar-refractivity contribution in [3.63, 3.8) is 0 Å². The van der Waals surface area contributed by atoms with Crippen molar-refractivity contribution in [1.82, 2.24) is 10.2 Å². The van der Waals surface area contributed by atoms with Crippen molar-refractivity contribution in [3.8, 4) is 0 Å². The quantitative estimate of drug-likeness (QED) is 0.757. The van der Waals surface area contributed by atoms with Gasteiger partial charge < -0.3 is 15.1 Å². The van der Waals surface area contributed by atoms with Crippen molar-refractivity contribution in [2.75, 3.05) is 41.3 Å². The molecule has 0 radical (unpaired) electrons. The van der Waals surface area contributed by atoms with Gasteiger partial charge >= 0.3 is 0 Å². The summed E-state index contributed by atoms with van der Waals surface area (Å²) in [5, 5.41) is 10.9. The predicted octanol–water partition coefficient (Wildman–Crippen LogP) is 3.19. The van der Waals surface area contributed by atoms with Gasteiger partial charge in [0.15, 0.2) is 11.5 Å². The largest absolute Gasteiger partial charge is 0.368 e. The van der Waals surface area contributed by atoms with Crippen molar-refractivity contribution in [2.45, 2.75) is 0 Å². The van der Waals surface area contributed by atoms with Gasteiger partial charge in [-0.3, -0.25) is 4.79 Å². The fraction of sp³-hybridized carbons (Fsp3) is 0.190. The third-order valence-corrected chi connectivity index (χ3v) is 4.71. The van der Waals surface area contributed by atoms with E-state index in [-0.39, 0.29) is 17.4 Å². The Hall–Kier alpha value is -3.48. The van der Waals surface area contributed by atoms with Gasteiger partial charge in [-0.25, -0.2) is 4.39 Å². The van der Waals surface area contributed by atoms with E-state index in [1.54, 1.807) is 6.07 Å². The zero-order valence-electron chi connectivity index (χ0n) is 15.3. The number of carbonyl (C=O) groups is 1. The second kappa shape index (κ2) is 8.04. The van der Waals surface area contributed by atoms with Crippen LogP contribution in [0.1, 0.15) is 10.5 Å². The number of benzene rings is 2. The molecule has 6 nitrogen and oxygen atoms in total. The van der Waals surface area contributed by atoms with Crippen LogP contribution in [0.5, 0.6) is 0 Å². The van der Waals surface area contributed by atoms with E-state index in [1.807, 2.05) is 24.3 Å². The Labute approximate surface area is 162 Å². The summed E-state index contributed by atoms with van der Waals surface area (Å²) >= 11 is 0. The van der Waals surface area contributed by atoms with Crippen LogP contribution in [-0.2, 0) is 0 Å². The van der Waals surface area contributed by atoms with Crippen molar-refractivity contribution >= 4 is 23.1 Å². The molecule has 1 amide bonds. The summed E-state index contributed by atoms with van der Waals surface area (Å²) in [4.78, 5) is 16.8. The van der Waals surface area contributed by atoms with Crippen molar-refractivity contribution < 1.29 is 9.18 Å². The maximum Gasteiger partial charge on any atom is 0.276 e. The van der Waals surface area contributed by atoms with E-state index in [2.05, 4.69) is 37.4 Å². The van der Waals surface area contributed by atoms with Gasteiger partial charge in [-0.2, -0.15) is 0 Å². The first-order chi connectivity index (χ1) is 13.7. The molecule has 0 saturated carbocycles. The summed E-state index contributed by atoms with van der Waals surface area (Å²) in [6.07, 6.45) is 0. The molecule has 1 fully saturated rings. The van der Waals surface area contributed by atoms with Gasteiger partial charge in [0.25, 0.3) is 5.91 Å². The van der Waals surface area contributed by atoms with E-state index in [1.165, 1.54) is 30.0 Å². The molecule has 3 aromatic rings. The van der Waals surface area contributed by atoms with Crippen LogP contribution in [0, 0.1) is 5.82 Å². The van der Waals surface area contributed by atoms with Gasteiger partial charge in [0, 0.05) is 37.6 Å². The molecule has 7 heteroatoms. The number of carbonyl (C=O) groups excluding carboxylic acids is 1. The Morgan fingerprint density at radius 2 is 1.50 bits per heavy atom. The first-order valence-corrected chi connectivity index (χ1v) is 9.15. The number of nitrogens with one attached hydrogen (secondary N) is 1. The number of para-hydroxylation sites is 1. The standard InChI is InChI=1S/C21H20FN5O/c22-16-6-8-17(9-7-16)23-21(28)19-10-11-20(25-24-19)27-14-12-26(13-15-27)18-4-2-1-3-5-18/h1-11H,12-15H2,(H,23,28). The topological polar surface area (TPSA) is 61.4 Å². The molecule has 1 aromatic heterocycles. The summed E-state index contributed by atoms with van der Waals surface area (Å²) in [5.74, 6) is 0.0279. The third-order valence-electron chi connectivity index (χ3n) is 4.71. The molecule has 28 heavy (non-hydrogen) atoms. The number of anilines is 3. The zero-order chi connectivity index (χ0) is 19.3. The van der Waals surface area contributed by atoms with E-state index in [9.17, 15) is 9.18 Å². The Balaban J connectivity index is 1.36. The van der Waals surface area contributed by atoms with Crippen LogP contribution in [-0.4, -0.2) is 42.3 Å². The summed E-state index contributed by atoms with van der Waals surface area (Å²) in [7, 11) is 0. The van der Waals surface area contributed by atoms with Gasteiger partial charge in [-0.05, 0) is 48.5 Å². The van der Waals surface area contributed by atoms with Gasteiger partial charge in [0.1, 0.15) is 5.82 Å². The highest BCUT2D eigenvalue weighted by Crippen LogP contribution is 2.19. The van der Waals surface area contributed by atoms with E-state index < -0.39 is 0 Å². The maximum atomic E-state index is 12.9. The number of nitrogens with zero attached hydrogens (tertiary/aromatic N) is 4. The minimum Gasteiger partial charge on any atom is -0.368 e. The van der Waals surface area contributed by atoms with Gasteiger partial charge in [0.2, 0.25) is 0 Å². The van der Waals surface area contributed by atoms with E-state index in [4.69, 9.17) is 0 Å². The Bertz CT molecular complexity index is 923. The summed E-state index contributed by atoms with van der Waals surface area (Å²) < 4.78 is 12.9. The molecular formula is C21H20FN5O. The Morgan fingerprint density at radius 3 is 2.14 bits per heavy atom. The molecule has 1 aliphatic rings. The number of hydrogen-bond donors (Lipinski definition) is 1. The van der Waals surface area contributed by atoms with Crippen LogP contribution in [0.15, 0.2) is 66.7 Å². The summed E-state index contributed by atoms with van der Waals surface area (Å²) in [6, 6.07) is 19.4. The molecule has 0 bridgehead atoms. The van der Waals surface area contributed by atoms with Crippen LogP contribution in [0.3, 0.4) is 0 Å². The molecule has 0 spiro atoms. The molecule has 142 valence electrons. The molecule has 1 N–H and O–H groups in total. The second-order valence-corrected chi connectivity index (χ2v) is 6.55. The number of rotatable bonds is 4. The first kappa shape index (κ1) is 17.9. The smallest absolute Gasteiger partial charge is 0.276 e. The molecule has 4 rings (SSSR count). The zero-order valence-corrected chi connectivity index (χ0v) is 15.3. The lowest BCUT2D eigenvalue weighted by atomic mass is 10.2. The average Bonchev–Trinajstić information content (AvgIpc) is 2.76. The first-order valence-electron chi connectivity index (χ1n) is 9.15. The van der Waals surface area contributed by atoms with Crippen LogP contribution >= 0.6 is 0 Å². The van der Waals surface area contributed by atoms with Crippen LogP contribution in [0.2, 0.25) is 0 Å². The fourth-order valence-corrected chi connectivity index (χ4v) is 3.18. The highest BCUT2D eigenvalue weighted by molar-refractivity contribution is 6.02. The van der Waals surface area contributed by atoms with E-state index in [0.29, 0.717) is 5.69 Å².